The average molecular weight is 666 g/mol. The van der Waals surface area contributed by atoms with Crippen molar-refractivity contribution in [2.75, 3.05) is 11.9 Å². The van der Waals surface area contributed by atoms with Gasteiger partial charge >= 0.3 is 0 Å². The minimum atomic E-state index is -3.72. The largest absolute Gasteiger partial charge is 0.313 e. The molecule has 9 nitrogen and oxygen atoms in total. The average Bonchev–Trinajstić information content (AvgIpc) is 3.59. The Kier molecular flexibility index (Phi) is 9.85. The fraction of sp³-hybridized carbons (Fsp3) is 0.571. The Bertz CT molecular complexity index is 1660. The molecule has 2 saturated carbocycles. The summed E-state index contributed by atoms with van der Waals surface area (Å²) in [6, 6.07) is 8.66. The molecule has 2 aromatic heterocycles. The van der Waals surface area contributed by atoms with Crippen molar-refractivity contribution in [1.82, 2.24) is 19.0 Å². The second-order valence-corrected chi connectivity index (χ2v) is 16.5. The van der Waals surface area contributed by atoms with Gasteiger partial charge in [-0.25, -0.2) is 13.1 Å². The molecule has 3 aromatic rings. The number of hydrogen-bond acceptors (Lipinski definition) is 7. The third-order valence-electron chi connectivity index (χ3n) is 10.0. The molecule has 2 fully saturated rings. The summed E-state index contributed by atoms with van der Waals surface area (Å²) in [7, 11) is -3.72. The van der Waals surface area contributed by atoms with Crippen molar-refractivity contribution in [3.63, 3.8) is 0 Å². The van der Waals surface area contributed by atoms with Crippen LogP contribution >= 0.6 is 11.3 Å². The number of rotatable bonds is 8. The van der Waals surface area contributed by atoms with E-state index in [1.807, 2.05) is 24.2 Å². The molecule has 0 unspecified atom stereocenters. The van der Waals surface area contributed by atoms with Gasteiger partial charge in [-0.2, -0.15) is 9.40 Å². The summed E-state index contributed by atoms with van der Waals surface area (Å²) in [4.78, 5) is 31.3. The number of thiophene rings is 1. The van der Waals surface area contributed by atoms with Gasteiger partial charge in [0.2, 0.25) is 10.0 Å². The first-order valence-corrected chi connectivity index (χ1v) is 19.2. The maximum Gasteiger partial charge on any atom is 0.281 e. The molecule has 3 aliphatic rings. The van der Waals surface area contributed by atoms with E-state index in [0.29, 0.717) is 28.6 Å². The zero-order valence-electron chi connectivity index (χ0n) is 27.5. The maximum absolute atomic E-state index is 14.2. The molecule has 0 spiro atoms. The van der Waals surface area contributed by atoms with Crippen LogP contribution in [0.25, 0.3) is 0 Å². The Morgan fingerprint density at radius 3 is 2.11 bits per heavy atom. The summed E-state index contributed by atoms with van der Waals surface area (Å²) in [6.45, 7) is 9.59. The van der Waals surface area contributed by atoms with Crippen molar-refractivity contribution in [2.24, 2.45) is 0 Å². The first-order valence-electron chi connectivity index (χ1n) is 17.0. The van der Waals surface area contributed by atoms with Gasteiger partial charge in [-0.1, -0.05) is 38.5 Å². The van der Waals surface area contributed by atoms with Gasteiger partial charge < -0.3 is 5.32 Å². The summed E-state index contributed by atoms with van der Waals surface area (Å²) in [5, 5.41) is 7.98. The Hall–Kier alpha value is -2.86. The van der Waals surface area contributed by atoms with E-state index in [2.05, 4.69) is 29.2 Å². The highest BCUT2D eigenvalue weighted by Crippen LogP contribution is 2.39. The first-order chi connectivity index (χ1) is 22.0. The van der Waals surface area contributed by atoms with Crippen molar-refractivity contribution in [2.45, 2.75) is 128 Å². The monoisotopic (exact) mass is 665 g/mol. The van der Waals surface area contributed by atoms with Crippen LogP contribution in [0.5, 0.6) is 0 Å². The van der Waals surface area contributed by atoms with E-state index in [-0.39, 0.29) is 28.8 Å². The van der Waals surface area contributed by atoms with Gasteiger partial charge in [0.15, 0.2) is 0 Å². The molecule has 1 N–H and O–H groups in total. The van der Waals surface area contributed by atoms with Crippen LogP contribution in [-0.4, -0.2) is 63.9 Å². The molecular weight excluding hydrogens is 619 g/mol. The quantitative estimate of drug-likeness (QED) is 0.280. The Balaban J connectivity index is 1.27. The second kappa shape index (κ2) is 13.7. The number of aromatic nitrogens is 2. The molecule has 248 valence electrons. The summed E-state index contributed by atoms with van der Waals surface area (Å²) >= 11 is 1.45. The zero-order valence-corrected chi connectivity index (χ0v) is 29.2. The summed E-state index contributed by atoms with van der Waals surface area (Å²) < 4.78 is 31.6. The molecule has 0 radical (unpaired) electrons. The van der Waals surface area contributed by atoms with Crippen LogP contribution in [-0.2, 0) is 23.0 Å². The number of fused-ring (bicyclic) bond motifs is 1. The topological polar surface area (TPSA) is 105 Å². The second-order valence-electron chi connectivity index (χ2n) is 13.6. The van der Waals surface area contributed by atoms with E-state index >= 15 is 0 Å². The normalized spacial score (nSPS) is 18.7. The van der Waals surface area contributed by atoms with Crippen molar-refractivity contribution in [1.29, 1.82) is 0 Å². The van der Waals surface area contributed by atoms with E-state index in [9.17, 15) is 18.0 Å². The number of hydrogen-bond donors (Lipinski definition) is 1. The van der Waals surface area contributed by atoms with E-state index in [4.69, 9.17) is 0 Å². The third-order valence-corrected chi connectivity index (χ3v) is 13.2. The lowest BCUT2D eigenvalue weighted by atomic mass is 9.91. The molecule has 0 saturated heterocycles. The van der Waals surface area contributed by atoms with Crippen molar-refractivity contribution in [3.05, 3.63) is 63.3 Å². The number of nitrogens with one attached hydrogen (secondary N) is 1. The van der Waals surface area contributed by atoms with Gasteiger partial charge in [0.25, 0.3) is 11.8 Å². The van der Waals surface area contributed by atoms with Crippen LogP contribution in [0.15, 0.2) is 35.2 Å². The first kappa shape index (κ1) is 33.1. The Morgan fingerprint density at radius 1 is 0.957 bits per heavy atom. The predicted octanol–water partition coefficient (Wildman–Crippen LogP) is 6.92. The van der Waals surface area contributed by atoms with Gasteiger partial charge in [-0.3, -0.25) is 14.5 Å². The molecule has 11 heteroatoms. The number of carbonyl (C=O) groups is 2. The Morgan fingerprint density at radius 2 is 1.57 bits per heavy atom. The van der Waals surface area contributed by atoms with Gasteiger partial charge in [-0.15, -0.1) is 11.3 Å². The highest BCUT2D eigenvalue weighted by molar-refractivity contribution is 7.89. The lowest BCUT2D eigenvalue weighted by Crippen LogP contribution is -2.48. The van der Waals surface area contributed by atoms with Crippen molar-refractivity contribution < 1.29 is 18.0 Å². The smallest absolute Gasteiger partial charge is 0.281 e. The molecular formula is C35H47N5O4S2. The number of carbonyl (C=O) groups excluding carboxylic acids is 2. The molecule has 2 aliphatic carbocycles. The molecule has 1 amide bonds. The molecule has 1 aromatic carbocycles. The molecule has 6 rings (SSSR count). The number of sulfonamides is 1. The number of anilines is 1. The number of amides is 1. The molecule has 0 bridgehead atoms. The summed E-state index contributed by atoms with van der Waals surface area (Å²) in [5.74, 6) is -0.620. The standard InChI is InChI=1S/C35H47N5O4S2/c1-23(2)38-20-19-30-31(22-38)45-34(32(30)35(42)39-25(4)21-24(3)37-39)36-33(41)26-15-17-29(18-16-26)46(43,44)40(27-11-7-5-8-12-27)28-13-9-6-10-14-28/h15-18,21,23,27-28H,5-14,19-20,22H2,1-4H3,(H,36,41). The van der Waals surface area contributed by atoms with Crippen molar-refractivity contribution in [3.8, 4) is 0 Å². The van der Waals surface area contributed by atoms with Gasteiger partial charge in [0, 0.05) is 47.3 Å². The Labute approximate surface area is 277 Å². The molecule has 46 heavy (non-hydrogen) atoms. The number of aryl methyl sites for hydroxylation is 2. The third kappa shape index (κ3) is 6.61. The van der Waals surface area contributed by atoms with Gasteiger partial charge in [-0.05, 0) is 95.7 Å². The van der Waals surface area contributed by atoms with Crippen LogP contribution in [0.1, 0.15) is 121 Å². The lowest BCUT2D eigenvalue weighted by molar-refractivity contribution is 0.0941. The fourth-order valence-corrected chi connectivity index (χ4v) is 10.7. The van der Waals surface area contributed by atoms with Crippen LogP contribution in [0.3, 0.4) is 0 Å². The van der Waals surface area contributed by atoms with E-state index in [1.54, 1.807) is 24.3 Å². The van der Waals surface area contributed by atoms with Gasteiger partial charge in [0.1, 0.15) is 5.00 Å². The lowest BCUT2D eigenvalue weighted by Gasteiger charge is -2.40. The minimum absolute atomic E-state index is 0.0412. The van der Waals surface area contributed by atoms with Crippen LogP contribution < -0.4 is 5.32 Å². The molecule has 0 atom stereocenters. The van der Waals surface area contributed by atoms with Crippen LogP contribution in [0.4, 0.5) is 5.00 Å². The van der Waals surface area contributed by atoms with Crippen molar-refractivity contribution >= 4 is 38.2 Å². The van der Waals surface area contributed by atoms with E-state index in [0.717, 1.165) is 99.1 Å². The maximum atomic E-state index is 14.2. The van der Waals surface area contributed by atoms with Crippen LogP contribution in [0.2, 0.25) is 0 Å². The minimum Gasteiger partial charge on any atom is -0.313 e. The summed E-state index contributed by atoms with van der Waals surface area (Å²) in [5.41, 5.74) is 3.32. The van der Waals surface area contributed by atoms with E-state index in [1.165, 1.54) is 16.0 Å². The van der Waals surface area contributed by atoms with E-state index < -0.39 is 10.0 Å². The SMILES string of the molecule is Cc1cc(C)n(C(=O)c2c(NC(=O)c3ccc(S(=O)(=O)N(C4CCCCC4)C4CCCCC4)cc3)sc3c2CCN(C(C)C)C3)n1. The predicted molar refractivity (Wildman–Crippen MR) is 182 cm³/mol. The summed E-state index contributed by atoms with van der Waals surface area (Å²) in [6.07, 6.45) is 10.9. The fourth-order valence-electron chi connectivity index (χ4n) is 7.56. The molecule has 1 aliphatic heterocycles. The number of benzene rings is 1. The highest BCUT2D eigenvalue weighted by Gasteiger charge is 2.38. The van der Waals surface area contributed by atoms with Crippen LogP contribution in [0, 0.1) is 13.8 Å². The molecule has 3 heterocycles. The number of nitrogens with zero attached hydrogens (tertiary/aromatic N) is 4. The zero-order chi connectivity index (χ0) is 32.6. The van der Waals surface area contributed by atoms with Gasteiger partial charge in [0.05, 0.1) is 16.2 Å². The highest BCUT2D eigenvalue weighted by atomic mass is 32.2.